The fourth-order valence-electron chi connectivity index (χ4n) is 1.90. The Bertz CT molecular complexity index is 471. The first-order valence-electron chi connectivity index (χ1n) is 6.28. The Morgan fingerprint density at radius 1 is 0.947 bits per heavy atom. The van der Waals surface area contributed by atoms with Crippen molar-refractivity contribution in [2.45, 2.75) is 6.92 Å². The van der Waals surface area contributed by atoms with Gasteiger partial charge in [-0.2, -0.15) is 0 Å². The van der Waals surface area contributed by atoms with E-state index in [2.05, 4.69) is 4.90 Å². The summed E-state index contributed by atoms with van der Waals surface area (Å²) < 4.78 is 5.03. The maximum Gasteiger partial charge on any atom is 0.302 e. The van der Waals surface area contributed by atoms with E-state index in [4.69, 9.17) is 4.74 Å². The van der Waals surface area contributed by atoms with E-state index in [9.17, 15) is 4.79 Å². The third kappa shape index (κ3) is 3.85. The van der Waals surface area contributed by atoms with Crippen molar-refractivity contribution in [1.82, 2.24) is 0 Å². The van der Waals surface area contributed by atoms with Gasteiger partial charge in [0.05, 0.1) is 6.54 Å². The third-order valence-electron chi connectivity index (χ3n) is 2.76. The number of benzene rings is 2. The molecule has 2 aromatic rings. The lowest BCUT2D eigenvalue weighted by Crippen LogP contribution is -2.23. The Kier molecular flexibility index (Phi) is 4.56. The van der Waals surface area contributed by atoms with Crippen LogP contribution in [0.1, 0.15) is 6.92 Å². The first-order valence-corrected chi connectivity index (χ1v) is 6.28. The van der Waals surface area contributed by atoms with E-state index >= 15 is 0 Å². The number of ether oxygens (including phenoxy) is 1. The smallest absolute Gasteiger partial charge is 0.302 e. The Labute approximate surface area is 113 Å². The van der Waals surface area contributed by atoms with Crippen molar-refractivity contribution >= 4 is 17.3 Å². The SMILES string of the molecule is CC(=O)OCCN(c1ccccc1)c1ccccc1. The van der Waals surface area contributed by atoms with E-state index in [-0.39, 0.29) is 5.97 Å². The predicted molar refractivity (Wildman–Crippen MR) is 76.5 cm³/mol. The van der Waals surface area contributed by atoms with Gasteiger partial charge in [0.1, 0.15) is 6.61 Å². The molecule has 2 aromatic carbocycles. The minimum atomic E-state index is -0.249. The third-order valence-corrected chi connectivity index (χ3v) is 2.76. The lowest BCUT2D eigenvalue weighted by Gasteiger charge is -2.24. The average Bonchev–Trinajstić information content (AvgIpc) is 2.45. The van der Waals surface area contributed by atoms with Crippen LogP contribution in [0.15, 0.2) is 60.7 Å². The number of carbonyl (C=O) groups is 1. The zero-order valence-corrected chi connectivity index (χ0v) is 11.0. The van der Waals surface area contributed by atoms with Gasteiger partial charge in [-0.3, -0.25) is 4.79 Å². The summed E-state index contributed by atoms with van der Waals surface area (Å²) >= 11 is 0. The summed E-state index contributed by atoms with van der Waals surface area (Å²) in [6.07, 6.45) is 0. The van der Waals surface area contributed by atoms with Crippen LogP contribution in [0.3, 0.4) is 0 Å². The number of anilines is 2. The molecule has 0 N–H and O–H groups in total. The standard InChI is InChI=1S/C16H17NO2/c1-14(18)19-13-12-17(15-8-4-2-5-9-15)16-10-6-3-7-11-16/h2-11H,12-13H2,1H3. The molecular weight excluding hydrogens is 238 g/mol. The van der Waals surface area contributed by atoms with E-state index in [0.717, 1.165) is 11.4 Å². The van der Waals surface area contributed by atoms with Gasteiger partial charge in [-0.15, -0.1) is 0 Å². The molecule has 0 amide bonds. The molecule has 0 spiro atoms. The van der Waals surface area contributed by atoms with Crippen LogP contribution in [0, 0.1) is 0 Å². The second-order valence-corrected chi connectivity index (χ2v) is 4.16. The molecule has 0 aliphatic rings. The molecular formula is C16H17NO2. The molecule has 0 saturated heterocycles. The minimum Gasteiger partial charge on any atom is -0.464 e. The predicted octanol–water partition coefficient (Wildman–Crippen LogP) is 3.39. The van der Waals surface area contributed by atoms with Crippen LogP contribution in [0.4, 0.5) is 11.4 Å². The highest BCUT2D eigenvalue weighted by molar-refractivity contribution is 5.66. The number of carbonyl (C=O) groups excluding carboxylic acids is 1. The molecule has 3 heteroatoms. The lowest BCUT2D eigenvalue weighted by molar-refractivity contribution is -0.140. The molecule has 19 heavy (non-hydrogen) atoms. The molecule has 98 valence electrons. The zero-order valence-electron chi connectivity index (χ0n) is 11.0. The van der Waals surface area contributed by atoms with E-state index in [1.807, 2.05) is 60.7 Å². The fourth-order valence-corrected chi connectivity index (χ4v) is 1.90. The first-order chi connectivity index (χ1) is 9.27. The topological polar surface area (TPSA) is 29.5 Å². The van der Waals surface area contributed by atoms with Crippen LogP contribution in [-0.2, 0) is 9.53 Å². The highest BCUT2D eigenvalue weighted by Gasteiger charge is 2.08. The van der Waals surface area contributed by atoms with Crippen LogP contribution in [0.5, 0.6) is 0 Å². The molecule has 0 heterocycles. The van der Waals surface area contributed by atoms with E-state index in [1.54, 1.807) is 0 Å². The molecule has 2 rings (SSSR count). The lowest BCUT2D eigenvalue weighted by atomic mass is 10.2. The maximum atomic E-state index is 10.9. The molecule has 0 aromatic heterocycles. The summed E-state index contributed by atoms with van der Waals surface area (Å²) in [5.74, 6) is -0.249. The minimum absolute atomic E-state index is 0.249. The summed E-state index contributed by atoms with van der Waals surface area (Å²) in [6.45, 7) is 2.43. The van der Waals surface area contributed by atoms with Gasteiger partial charge in [-0.25, -0.2) is 0 Å². The van der Waals surface area contributed by atoms with E-state index in [0.29, 0.717) is 13.2 Å². The van der Waals surface area contributed by atoms with Crippen LogP contribution in [-0.4, -0.2) is 19.1 Å². The van der Waals surface area contributed by atoms with E-state index in [1.165, 1.54) is 6.92 Å². The van der Waals surface area contributed by atoms with Crippen molar-refractivity contribution in [1.29, 1.82) is 0 Å². The van der Waals surface area contributed by atoms with Gasteiger partial charge in [-0.1, -0.05) is 36.4 Å². The average molecular weight is 255 g/mol. The van der Waals surface area contributed by atoms with Crippen LogP contribution < -0.4 is 4.90 Å². The Morgan fingerprint density at radius 3 is 1.84 bits per heavy atom. The summed E-state index contributed by atoms with van der Waals surface area (Å²) in [6, 6.07) is 20.1. The van der Waals surface area contributed by atoms with Crippen LogP contribution in [0.2, 0.25) is 0 Å². The normalized spacial score (nSPS) is 9.95. The monoisotopic (exact) mass is 255 g/mol. The quantitative estimate of drug-likeness (QED) is 0.767. The highest BCUT2D eigenvalue weighted by Crippen LogP contribution is 2.24. The van der Waals surface area contributed by atoms with Crippen molar-refractivity contribution in [2.24, 2.45) is 0 Å². The van der Waals surface area contributed by atoms with Gasteiger partial charge in [0, 0.05) is 18.3 Å². The highest BCUT2D eigenvalue weighted by atomic mass is 16.5. The summed E-state index contributed by atoms with van der Waals surface area (Å²) in [7, 11) is 0. The summed E-state index contributed by atoms with van der Waals surface area (Å²) in [4.78, 5) is 13.0. The van der Waals surface area contributed by atoms with Crippen molar-refractivity contribution in [3.05, 3.63) is 60.7 Å². The van der Waals surface area contributed by atoms with Gasteiger partial charge < -0.3 is 9.64 Å². The Morgan fingerprint density at radius 2 is 1.42 bits per heavy atom. The zero-order chi connectivity index (χ0) is 13.5. The molecule has 0 atom stereocenters. The van der Waals surface area contributed by atoms with Gasteiger partial charge in [0.15, 0.2) is 0 Å². The van der Waals surface area contributed by atoms with Crippen molar-refractivity contribution in [2.75, 3.05) is 18.1 Å². The number of para-hydroxylation sites is 2. The first kappa shape index (κ1) is 13.1. The Balaban J connectivity index is 2.17. The van der Waals surface area contributed by atoms with Crippen molar-refractivity contribution in [3.8, 4) is 0 Å². The second kappa shape index (κ2) is 6.59. The summed E-state index contributed by atoms with van der Waals surface area (Å²) in [5, 5.41) is 0. The molecule has 0 aliphatic heterocycles. The number of rotatable bonds is 5. The van der Waals surface area contributed by atoms with Gasteiger partial charge in [0.25, 0.3) is 0 Å². The molecule has 0 saturated carbocycles. The maximum absolute atomic E-state index is 10.9. The van der Waals surface area contributed by atoms with Gasteiger partial charge >= 0.3 is 5.97 Å². The molecule has 3 nitrogen and oxygen atoms in total. The number of hydrogen-bond donors (Lipinski definition) is 0. The molecule has 0 radical (unpaired) electrons. The Hall–Kier alpha value is -2.29. The van der Waals surface area contributed by atoms with Crippen molar-refractivity contribution in [3.63, 3.8) is 0 Å². The van der Waals surface area contributed by atoms with Gasteiger partial charge in [0.2, 0.25) is 0 Å². The van der Waals surface area contributed by atoms with Crippen LogP contribution >= 0.6 is 0 Å². The molecule has 0 aliphatic carbocycles. The second-order valence-electron chi connectivity index (χ2n) is 4.16. The van der Waals surface area contributed by atoms with Crippen LogP contribution in [0.25, 0.3) is 0 Å². The number of hydrogen-bond acceptors (Lipinski definition) is 3. The molecule has 0 bridgehead atoms. The summed E-state index contributed by atoms with van der Waals surface area (Å²) in [5.41, 5.74) is 2.17. The number of esters is 1. The van der Waals surface area contributed by atoms with Crippen molar-refractivity contribution < 1.29 is 9.53 Å². The number of nitrogens with zero attached hydrogens (tertiary/aromatic N) is 1. The van der Waals surface area contributed by atoms with Gasteiger partial charge in [-0.05, 0) is 24.3 Å². The largest absolute Gasteiger partial charge is 0.464 e. The fraction of sp³-hybridized carbons (Fsp3) is 0.188. The van der Waals surface area contributed by atoms with E-state index < -0.39 is 0 Å². The molecule has 0 fully saturated rings. The molecule has 0 unspecified atom stereocenters.